The lowest BCUT2D eigenvalue weighted by Gasteiger charge is -2.35. The predicted octanol–water partition coefficient (Wildman–Crippen LogP) is 13.0. The van der Waals surface area contributed by atoms with E-state index in [0.717, 1.165) is 0 Å². The lowest BCUT2D eigenvalue weighted by molar-refractivity contribution is 0.445. The second kappa shape index (κ2) is 15.6. The molecule has 63 heavy (non-hydrogen) atoms. The molecular weight excluding hydrogens is 777 g/mol. The monoisotopic (exact) mass is 824 g/mol. The van der Waals surface area contributed by atoms with Gasteiger partial charge in [0.05, 0.1) is 22.1 Å². The SMILES string of the molecule is c1ccc(-c2cccc([Si](c3ccccc3)(c3ccccc3)c3cccc(-n4c5ccccc5c5ccc(-n6c7ccccc7c7c(C8CCCCC8)cccc76)cc54)c3)c2)cc1. The van der Waals surface area contributed by atoms with Crippen molar-refractivity contribution in [2.24, 2.45) is 0 Å². The Hall–Kier alpha value is -7.20. The molecule has 0 N–H and O–H groups in total. The van der Waals surface area contributed by atoms with Crippen molar-refractivity contribution in [2.45, 2.75) is 38.0 Å². The summed E-state index contributed by atoms with van der Waals surface area (Å²) in [7, 11) is -2.90. The molecule has 0 bridgehead atoms. The largest absolute Gasteiger partial charge is 0.309 e. The summed E-state index contributed by atoms with van der Waals surface area (Å²) >= 11 is 0. The summed E-state index contributed by atoms with van der Waals surface area (Å²) in [6.45, 7) is 0. The average molecular weight is 825 g/mol. The molecule has 9 aromatic carbocycles. The molecule has 1 aliphatic rings. The maximum atomic E-state index is 2.53. The topological polar surface area (TPSA) is 9.86 Å². The van der Waals surface area contributed by atoms with Gasteiger partial charge in [0, 0.05) is 32.9 Å². The van der Waals surface area contributed by atoms with E-state index in [0.29, 0.717) is 5.92 Å². The fourth-order valence-electron chi connectivity index (χ4n) is 11.3. The van der Waals surface area contributed by atoms with E-state index in [1.54, 1.807) is 0 Å². The molecule has 12 rings (SSSR count). The van der Waals surface area contributed by atoms with Gasteiger partial charge in [0.25, 0.3) is 0 Å². The van der Waals surface area contributed by atoms with E-state index >= 15 is 0 Å². The zero-order valence-electron chi connectivity index (χ0n) is 35.4. The van der Waals surface area contributed by atoms with Crippen LogP contribution >= 0.6 is 0 Å². The normalized spacial score (nSPS) is 13.7. The minimum atomic E-state index is -2.90. The van der Waals surface area contributed by atoms with Crippen molar-refractivity contribution < 1.29 is 0 Å². The molecule has 0 radical (unpaired) electrons. The highest BCUT2D eigenvalue weighted by Gasteiger charge is 2.42. The van der Waals surface area contributed by atoms with E-state index in [2.05, 4.69) is 234 Å². The molecule has 0 aliphatic heterocycles. The van der Waals surface area contributed by atoms with Crippen LogP contribution in [0, 0.1) is 0 Å². The van der Waals surface area contributed by atoms with Crippen molar-refractivity contribution in [2.75, 3.05) is 0 Å². The van der Waals surface area contributed by atoms with E-state index in [-0.39, 0.29) is 0 Å². The molecule has 2 aromatic heterocycles. The fraction of sp³-hybridized carbons (Fsp3) is 0.100. The molecule has 0 atom stereocenters. The first-order chi connectivity index (χ1) is 31.3. The van der Waals surface area contributed by atoms with Gasteiger partial charge in [-0.1, -0.05) is 201 Å². The van der Waals surface area contributed by atoms with Crippen LogP contribution in [-0.2, 0) is 0 Å². The lowest BCUT2D eigenvalue weighted by Crippen LogP contribution is -2.74. The third-order valence-electron chi connectivity index (χ3n) is 14.0. The molecule has 2 heterocycles. The average Bonchev–Trinajstić information content (AvgIpc) is 3.88. The third kappa shape index (κ3) is 6.13. The zero-order valence-corrected chi connectivity index (χ0v) is 36.4. The quantitative estimate of drug-likeness (QED) is 0.107. The first-order valence-corrected chi connectivity index (χ1v) is 24.7. The fourth-order valence-corrected chi connectivity index (χ4v) is 16.1. The van der Waals surface area contributed by atoms with Crippen LogP contribution in [0.1, 0.15) is 43.6 Å². The Morgan fingerprint density at radius 1 is 0.333 bits per heavy atom. The number of aromatic nitrogens is 2. The van der Waals surface area contributed by atoms with E-state index in [1.165, 1.54) is 125 Å². The number of hydrogen-bond donors (Lipinski definition) is 0. The molecule has 1 saturated carbocycles. The van der Waals surface area contributed by atoms with Gasteiger partial charge in [-0.2, -0.15) is 0 Å². The standard InChI is InChI=1S/C60H48N2Si/c1-5-20-43(21-6-1)45-24-17-30-50(40-45)63(48-26-9-3-10-27-48,49-28-11-4-12-29-49)51-31-18-25-46(41-51)62-56-35-15-13-32-53(56)54-39-38-47(42-59(54)62)61-57-36-16-14-33-55(57)60-52(34-19-37-58(60)61)44-22-7-2-8-23-44/h1,3-6,9-21,24-42,44H,2,7-8,22-23H2. The first kappa shape index (κ1) is 37.5. The van der Waals surface area contributed by atoms with Crippen LogP contribution < -0.4 is 20.7 Å². The summed E-state index contributed by atoms with van der Waals surface area (Å²) in [5.41, 5.74) is 11.3. The van der Waals surface area contributed by atoms with E-state index in [4.69, 9.17) is 0 Å². The van der Waals surface area contributed by atoms with Crippen LogP contribution in [-0.4, -0.2) is 17.2 Å². The van der Waals surface area contributed by atoms with Crippen molar-refractivity contribution in [3.05, 3.63) is 230 Å². The summed E-state index contributed by atoms with van der Waals surface area (Å²) in [4.78, 5) is 0. The van der Waals surface area contributed by atoms with Gasteiger partial charge in [0.2, 0.25) is 0 Å². The Morgan fingerprint density at radius 3 is 1.57 bits per heavy atom. The lowest BCUT2D eigenvalue weighted by atomic mass is 9.82. The molecule has 11 aromatic rings. The van der Waals surface area contributed by atoms with E-state index < -0.39 is 8.07 Å². The number of nitrogens with zero attached hydrogens (tertiary/aromatic N) is 2. The maximum Gasteiger partial charge on any atom is 0.179 e. The number of rotatable bonds is 8. The second-order valence-electron chi connectivity index (χ2n) is 17.5. The van der Waals surface area contributed by atoms with Crippen LogP contribution in [0.5, 0.6) is 0 Å². The number of fused-ring (bicyclic) bond motifs is 6. The van der Waals surface area contributed by atoms with Crippen LogP contribution in [0.3, 0.4) is 0 Å². The molecule has 0 amide bonds. The van der Waals surface area contributed by atoms with Gasteiger partial charge in [0.1, 0.15) is 0 Å². The van der Waals surface area contributed by atoms with Gasteiger partial charge in [-0.25, -0.2) is 0 Å². The van der Waals surface area contributed by atoms with Crippen molar-refractivity contribution >= 4 is 72.4 Å². The minimum Gasteiger partial charge on any atom is -0.309 e. The Balaban J connectivity index is 1.10. The number of para-hydroxylation sites is 2. The predicted molar refractivity (Wildman–Crippen MR) is 270 cm³/mol. The Morgan fingerprint density at radius 2 is 0.841 bits per heavy atom. The Bertz CT molecular complexity index is 3390. The zero-order chi connectivity index (χ0) is 41.7. The highest BCUT2D eigenvalue weighted by atomic mass is 28.3. The summed E-state index contributed by atoms with van der Waals surface area (Å²) in [6.07, 6.45) is 6.56. The Kier molecular flexibility index (Phi) is 9.30. The molecule has 1 aliphatic carbocycles. The molecule has 0 saturated heterocycles. The van der Waals surface area contributed by atoms with Crippen molar-refractivity contribution in [3.8, 4) is 22.5 Å². The van der Waals surface area contributed by atoms with Gasteiger partial charge in [-0.15, -0.1) is 0 Å². The summed E-state index contributed by atoms with van der Waals surface area (Å²) in [5.74, 6) is 0.613. The maximum absolute atomic E-state index is 2.90. The molecule has 0 spiro atoms. The molecular formula is C60H48N2Si. The first-order valence-electron chi connectivity index (χ1n) is 22.7. The van der Waals surface area contributed by atoms with E-state index in [9.17, 15) is 0 Å². The van der Waals surface area contributed by atoms with Gasteiger partial charge in [-0.05, 0) is 98.7 Å². The highest BCUT2D eigenvalue weighted by molar-refractivity contribution is 7.20. The van der Waals surface area contributed by atoms with Crippen LogP contribution in [0.4, 0.5) is 0 Å². The highest BCUT2D eigenvalue weighted by Crippen LogP contribution is 2.42. The molecule has 0 unspecified atom stereocenters. The molecule has 2 nitrogen and oxygen atoms in total. The van der Waals surface area contributed by atoms with Crippen LogP contribution in [0.15, 0.2) is 224 Å². The summed E-state index contributed by atoms with van der Waals surface area (Å²) < 4.78 is 5.05. The van der Waals surface area contributed by atoms with Crippen molar-refractivity contribution in [1.29, 1.82) is 0 Å². The van der Waals surface area contributed by atoms with Gasteiger partial charge in [0.15, 0.2) is 8.07 Å². The third-order valence-corrected chi connectivity index (χ3v) is 18.8. The summed E-state index contributed by atoms with van der Waals surface area (Å²) in [5, 5.41) is 10.7. The number of benzene rings is 9. The van der Waals surface area contributed by atoms with E-state index in [1.807, 2.05) is 0 Å². The molecule has 302 valence electrons. The smallest absolute Gasteiger partial charge is 0.179 e. The summed E-state index contributed by atoms with van der Waals surface area (Å²) in [6, 6.07) is 84.5. The van der Waals surface area contributed by atoms with Gasteiger partial charge >= 0.3 is 0 Å². The Labute approximate surface area is 370 Å². The minimum absolute atomic E-state index is 0.613. The van der Waals surface area contributed by atoms with Gasteiger partial charge in [-0.3, -0.25) is 0 Å². The number of hydrogen-bond acceptors (Lipinski definition) is 0. The van der Waals surface area contributed by atoms with Crippen molar-refractivity contribution in [3.63, 3.8) is 0 Å². The van der Waals surface area contributed by atoms with Crippen molar-refractivity contribution in [1.82, 2.24) is 9.13 Å². The van der Waals surface area contributed by atoms with Crippen LogP contribution in [0.2, 0.25) is 0 Å². The second-order valence-corrected chi connectivity index (χ2v) is 21.3. The molecule has 1 fully saturated rings. The molecule has 3 heteroatoms. The van der Waals surface area contributed by atoms with Crippen LogP contribution in [0.25, 0.3) is 66.1 Å². The van der Waals surface area contributed by atoms with Gasteiger partial charge < -0.3 is 9.13 Å².